The third-order valence-electron chi connectivity index (χ3n) is 5.19. The second-order valence-corrected chi connectivity index (χ2v) is 8.09. The van der Waals surface area contributed by atoms with E-state index in [1.165, 1.54) is 12.1 Å². The van der Waals surface area contributed by atoms with Crippen LogP contribution in [0.4, 0.5) is 4.39 Å². The quantitative estimate of drug-likeness (QED) is 0.431. The van der Waals surface area contributed by atoms with Gasteiger partial charge in [0.25, 0.3) is 0 Å². The first-order chi connectivity index (χ1) is 14.0. The van der Waals surface area contributed by atoms with E-state index in [-0.39, 0.29) is 11.7 Å². The molecular weight excluding hydrogens is 437 g/mol. The van der Waals surface area contributed by atoms with Gasteiger partial charge in [-0.25, -0.2) is 4.39 Å². The Labute approximate surface area is 177 Å². The molecule has 0 aromatic heterocycles. The summed E-state index contributed by atoms with van der Waals surface area (Å²) in [7, 11) is 0. The minimum atomic E-state index is -0.703. The van der Waals surface area contributed by atoms with Crippen molar-refractivity contribution < 1.29 is 19.0 Å². The smallest absolute Gasteiger partial charge is 0.306 e. The first-order valence-electron chi connectivity index (χ1n) is 9.49. The van der Waals surface area contributed by atoms with Gasteiger partial charge in [0, 0.05) is 0 Å². The lowest BCUT2D eigenvalue weighted by atomic mass is 9.82. The maximum absolute atomic E-state index is 13.4. The molecule has 0 heterocycles. The largest absolute Gasteiger partial charge is 0.492 e. The first kappa shape index (κ1) is 21.1. The van der Waals surface area contributed by atoms with Crippen LogP contribution < -0.4 is 4.74 Å². The molecule has 0 radical (unpaired) electrons. The van der Waals surface area contributed by atoms with Crippen LogP contribution in [-0.4, -0.2) is 17.7 Å². The molecule has 0 unspecified atom stereocenters. The van der Waals surface area contributed by atoms with E-state index in [1.807, 2.05) is 18.2 Å². The fourth-order valence-corrected chi connectivity index (χ4v) is 4.02. The van der Waals surface area contributed by atoms with E-state index in [0.717, 1.165) is 22.9 Å². The molecule has 0 spiro atoms. The molecule has 0 saturated heterocycles. The van der Waals surface area contributed by atoms with Gasteiger partial charge >= 0.3 is 5.97 Å². The zero-order valence-electron chi connectivity index (χ0n) is 15.8. The van der Waals surface area contributed by atoms with Crippen LogP contribution in [0.3, 0.4) is 0 Å². The molecule has 0 aliphatic heterocycles. The number of rotatable bonds is 6. The second kappa shape index (κ2) is 9.71. The molecule has 6 heteroatoms. The van der Waals surface area contributed by atoms with Gasteiger partial charge in [-0.3, -0.25) is 4.79 Å². The molecule has 1 saturated carbocycles. The Kier molecular flexibility index (Phi) is 7.05. The molecule has 0 amide bonds. The molecule has 0 bridgehead atoms. The lowest BCUT2D eigenvalue weighted by Crippen LogP contribution is -2.24. The number of benzene rings is 2. The van der Waals surface area contributed by atoms with Gasteiger partial charge in [0.05, 0.1) is 28.6 Å². The minimum absolute atomic E-state index is 0.225. The highest BCUT2D eigenvalue weighted by atomic mass is 79.9. The summed E-state index contributed by atoms with van der Waals surface area (Å²) >= 11 is 3.51. The summed E-state index contributed by atoms with van der Waals surface area (Å²) in [6.45, 7) is 0.548. The van der Waals surface area contributed by atoms with Gasteiger partial charge < -0.3 is 9.84 Å². The molecule has 0 atom stereocenters. The van der Waals surface area contributed by atoms with Crippen LogP contribution in [-0.2, 0) is 4.79 Å². The van der Waals surface area contributed by atoms with E-state index in [1.54, 1.807) is 18.2 Å². The van der Waals surface area contributed by atoms with Crippen molar-refractivity contribution in [3.8, 4) is 11.8 Å². The maximum Gasteiger partial charge on any atom is 0.306 e. The molecule has 1 aliphatic rings. The highest BCUT2D eigenvalue weighted by Gasteiger charge is 2.26. The van der Waals surface area contributed by atoms with Crippen LogP contribution in [0, 0.1) is 29.0 Å². The van der Waals surface area contributed by atoms with E-state index in [4.69, 9.17) is 9.84 Å². The number of halogens is 2. The van der Waals surface area contributed by atoms with Crippen molar-refractivity contribution in [3.05, 3.63) is 63.9 Å². The van der Waals surface area contributed by atoms with Gasteiger partial charge in [-0.1, -0.05) is 18.2 Å². The highest BCUT2D eigenvalue weighted by Crippen LogP contribution is 2.32. The highest BCUT2D eigenvalue weighted by molar-refractivity contribution is 9.10. The van der Waals surface area contributed by atoms with Crippen molar-refractivity contribution in [2.75, 3.05) is 6.61 Å². The number of carbonyl (C=O) groups is 1. The third kappa shape index (κ3) is 5.68. The van der Waals surface area contributed by atoms with E-state index < -0.39 is 5.97 Å². The van der Waals surface area contributed by atoms with Crippen LogP contribution in [0.1, 0.15) is 36.8 Å². The first-order valence-corrected chi connectivity index (χ1v) is 10.3. The van der Waals surface area contributed by atoms with Gasteiger partial charge in [-0.15, -0.1) is 0 Å². The minimum Gasteiger partial charge on any atom is -0.492 e. The predicted octanol–water partition coefficient (Wildman–Crippen LogP) is 5.92. The zero-order valence-corrected chi connectivity index (χ0v) is 17.4. The van der Waals surface area contributed by atoms with Crippen LogP contribution in [0.15, 0.2) is 46.9 Å². The van der Waals surface area contributed by atoms with E-state index >= 15 is 0 Å². The SMILES string of the molecule is N#C/C(=C/c1ccc(OCC2CCC(C(=O)O)CC2)c(Br)c1)c1cccc(F)c1. The summed E-state index contributed by atoms with van der Waals surface area (Å²) in [5.74, 6) is -0.254. The Morgan fingerprint density at radius 1 is 1.24 bits per heavy atom. The fraction of sp³-hybridized carbons (Fsp3) is 0.304. The van der Waals surface area contributed by atoms with Crippen LogP contribution in [0.2, 0.25) is 0 Å². The number of nitriles is 1. The molecule has 1 N–H and O–H groups in total. The lowest BCUT2D eigenvalue weighted by molar-refractivity contribution is -0.143. The lowest BCUT2D eigenvalue weighted by Gasteiger charge is -2.26. The average molecular weight is 458 g/mol. The zero-order chi connectivity index (χ0) is 20.8. The number of hydrogen-bond acceptors (Lipinski definition) is 3. The maximum atomic E-state index is 13.4. The second-order valence-electron chi connectivity index (χ2n) is 7.24. The topological polar surface area (TPSA) is 70.3 Å². The van der Waals surface area contributed by atoms with Gasteiger partial charge in [0.1, 0.15) is 11.6 Å². The Hall–Kier alpha value is -2.65. The molecule has 3 rings (SSSR count). The van der Waals surface area contributed by atoms with E-state index in [2.05, 4.69) is 22.0 Å². The van der Waals surface area contributed by atoms with Gasteiger partial charge in [-0.2, -0.15) is 5.26 Å². The number of aliphatic carboxylic acids is 1. The molecule has 1 aliphatic carbocycles. The number of hydrogen-bond donors (Lipinski definition) is 1. The number of carboxylic acids is 1. The standard InChI is InChI=1S/C23H21BrFNO3/c24-21-11-16(10-19(13-26)18-2-1-3-20(25)12-18)6-9-22(21)29-14-15-4-7-17(8-5-15)23(27)28/h1-3,6,9-12,15,17H,4-5,7-8,14H2,(H,27,28)/b19-10-. The molecule has 29 heavy (non-hydrogen) atoms. The summed E-state index contributed by atoms with van der Waals surface area (Å²) in [6, 6.07) is 13.6. The van der Waals surface area contributed by atoms with Crippen molar-refractivity contribution in [2.24, 2.45) is 11.8 Å². The number of nitrogens with zero attached hydrogens (tertiary/aromatic N) is 1. The summed E-state index contributed by atoms with van der Waals surface area (Å²) in [5, 5.41) is 18.5. The van der Waals surface area contributed by atoms with Crippen molar-refractivity contribution in [2.45, 2.75) is 25.7 Å². The van der Waals surface area contributed by atoms with Gasteiger partial charge in [-0.05, 0) is 89.0 Å². The predicted molar refractivity (Wildman–Crippen MR) is 113 cm³/mol. The summed E-state index contributed by atoms with van der Waals surface area (Å²) in [5.41, 5.74) is 1.70. The van der Waals surface area contributed by atoms with Crippen LogP contribution in [0.25, 0.3) is 11.6 Å². The Balaban J connectivity index is 1.64. The van der Waals surface area contributed by atoms with Gasteiger partial charge in [0.2, 0.25) is 0 Å². The van der Waals surface area contributed by atoms with E-state index in [9.17, 15) is 14.4 Å². The molecule has 2 aromatic carbocycles. The van der Waals surface area contributed by atoms with Crippen molar-refractivity contribution in [3.63, 3.8) is 0 Å². The number of allylic oxidation sites excluding steroid dienone is 1. The molecule has 150 valence electrons. The Morgan fingerprint density at radius 2 is 2.00 bits per heavy atom. The van der Waals surface area contributed by atoms with Gasteiger partial charge in [0.15, 0.2) is 0 Å². The molecule has 4 nitrogen and oxygen atoms in total. The van der Waals surface area contributed by atoms with Crippen molar-refractivity contribution in [1.82, 2.24) is 0 Å². The average Bonchev–Trinajstić information content (AvgIpc) is 2.71. The number of carboxylic acid groups (broad SMARTS) is 1. The van der Waals surface area contributed by atoms with E-state index in [0.29, 0.717) is 42.3 Å². The fourth-order valence-electron chi connectivity index (χ4n) is 3.51. The van der Waals surface area contributed by atoms with Crippen LogP contribution >= 0.6 is 15.9 Å². The molecule has 2 aromatic rings. The van der Waals surface area contributed by atoms with Crippen molar-refractivity contribution in [1.29, 1.82) is 5.26 Å². The normalized spacial score (nSPS) is 19.4. The van der Waals surface area contributed by atoms with Crippen molar-refractivity contribution >= 4 is 33.5 Å². The molecule has 1 fully saturated rings. The monoisotopic (exact) mass is 457 g/mol. The summed E-state index contributed by atoms with van der Waals surface area (Å²) in [6.07, 6.45) is 4.82. The Bertz CT molecular complexity index is 959. The Morgan fingerprint density at radius 3 is 2.62 bits per heavy atom. The van der Waals surface area contributed by atoms with Crippen LogP contribution in [0.5, 0.6) is 5.75 Å². The summed E-state index contributed by atoms with van der Waals surface area (Å²) < 4.78 is 20.1. The third-order valence-corrected chi connectivity index (χ3v) is 5.81. The number of ether oxygens (including phenoxy) is 1. The molecular formula is C23H21BrFNO3. The summed E-state index contributed by atoms with van der Waals surface area (Å²) in [4.78, 5) is 11.0.